The molecule has 0 bridgehead atoms. The van der Waals surface area contributed by atoms with Crippen LogP contribution in [0.25, 0.3) is 22.6 Å². The van der Waals surface area contributed by atoms with Gasteiger partial charge in [-0.25, -0.2) is 9.97 Å². The molecule has 1 N–H and O–H groups in total. The van der Waals surface area contributed by atoms with Crippen LogP contribution >= 0.6 is 0 Å². The normalized spacial score (nSPS) is 14.8. The number of rotatable bonds is 4. The minimum Gasteiger partial charge on any atom is -0.453 e. The zero-order chi connectivity index (χ0) is 13.4. The molecule has 100 valence electrons. The third kappa shape index (κ3) is 2.30. The van der Waals surface area contributed by atoms with Crippen molar-refractivity contribution in [2.24, 2.45) is 0 Å². The van der Waals surface area contributed by atoms with E-state index in [4.69, 9.17) is 4.42 Å². The van der Waals surface area contributed by atoms with Gasteiger partial charge < -0.3 is 9.73 Å². The Kier molecular flexibility index (Phi) is 2.74. The highest BCUT2D eigenvalue weighted by molar-refractivity contribution is 5.81. The molecule has 0 aliphatic heterocycles. The number of para-hydroxylation sites is 1. The van der Waals surface area contributed by atoms with Crippen LogP contribution < -0.4 is 5.32 Å². The highest BCUT2D eigenvalue weighted by atomic mass is 16.3. The number of furan rings is 1. The fraction of sp³-hybridized carbons (Fsp3) is 0.250. The van der Waals surface area contributed by atoms with Gasteiger partial charge in [-0.15, -0.1) is 0 Å². The van der Waals surface area contributed by atoms with Crippen LogP contribution in [0.15, 0.2) is 47.0 Å². The first-order valence-electron chi connectivity index (χ1n) is 6.93. The molecular weight excluding hydrogens is 250 g/mol. The number of hydrogen-bond donors (Lipinski definition) is 1. The van der Waals surface area contributed by atoms with Crippen LogP contribution in [-0.4, -0.2) is 16.0 Å². The van der Waals surface area contributed by atoms with Gasteiger partial charge in [-0.05, 0) is 31.0 Å². The SMILES string of the molecule is c1ccc2oc(-c3nccc(CNC4CC4)n3)cc2c1. The average molecular weight is 265 g/mol. The second-order valence-electron chi connectivity index (χ2n) is 5.18. The molecule has 20 heavy (non-hydrogen) atoms. The maximum Gasteiger partial charge on any atom is 0.195 e. The van der Waals surface area contributed by atoms with Crippen LogP contribution in [0.4, 0.5) is 0 Å². The van der Waals surface area contributed by atoms with E-state index < -0.39 is 0 Å². The lowest BCUT2D eigenvalue weighted by Crippen LogP contribution is -2.16. The van der Waals surface area contributed by atoms with Crippen molar-refractivity contribution in [2.45, 2.75) is 25.4 Å². The van der Waals surface area contributed by atoms with E-state index in [-0.39, 0.29) is 0 Å². The highest BCUT2D eigenvalue weighted by Gasteiger charge is 2.20. The molecule has 1 saturated carbocycles. The minimum atomic E-state index is 0.649. The third-order valence-electron chi connectivity index (χ3n) is 3.51. The summed E-state index contributed by atoms with van der Waals surface area (Å²) in [5.74, 6) is 1.37. The van der Waals surface area contributed by atoms with Crippen molar-refractivity contribution in [1.82, 2.24) is 15.3 Å². The van der Waals surface area contributed by atoms with Gasteiger partial charge in [0.05, 0.1) is 5.69 Å². The number of nitrogens with one attached hydrogen (secondary N) is 1. The van der Waals surface area contributed by atoms with Crippen LogP contribution in [0.3, 0.4) is 0 Å². The van der Waals surface area contributed by atoms with Crippen molar-refractivity contribution in [3.8, 4) is 11.6 Å². The van der Waals surface area contributed by atoms with Gasteiger partial charge in [0.25, 0.3) is 0 Å². The number of nitrogens with zero attached hydrogens (tertiary/aromatic N) is 2. The van der Waals surface area contributed by atoms with Crippen LogP contribution in [0.5, 0.6) is 0 Å². The van der Waals surface area contributed by atoms with Crippen LogP contribution in [-0.2, 0) is 6.54 Å². The van der Waals surface area contributed by atoms with Crippen molar-refractivity contribution in [2.75, 3.05) is 0 Å². The first-order chi connectivity index (χ1) is 9.88. The van der Waals surface area contributed by atoms with E-state index in [0.717, 1.165) is 29.0 Å². The Morgan fingerprint density at radius 2 is 2.10 bits per heavy atom. The van der Waals surface area contributed by atoms with Crippen molar-refractivity contribution < 1.29 is 4.42 Å². The number of benzene rings is 1. The molecule has 0 saturated heterocycles. The average Bonchev–Trinajstić information content (AvgIpc) is 3.22. The van der Waals surface area contributed by atoms with Crippen molar-refractivity contribution in [1.29, 1.82) is 0 Å². The largest absolute Gasteiger partial charge is 0.453 e. The summed E-state index contributed by atoms with van der Waals surface area (Å²) in [7, 11) is 0. The van der Waals surface area contributed by atoms with E-state index in [0.29, 0.717) is 11.9 Å². The Morgan fingerprint density at radius 3 is 2.95 bits per heavy atom. The first-order valence-corrected chi connectivity index (χ1v) is 6.93. The topological polar surface area (TPSA) is 51.0 Å². The van der Waals surface area contributed by atoms with Crippen LogP contribution in [0, 0.1) is 0 Å². The lowest BCUT2D eigenvalue weighted by Gasteiger charge is -2.03. The summed E-state index contributed by atoms with van der Waals surface area (Å²) in [5.41, 5.74) is 1.87. The maximum absolute atomic E-state index is 5.80. The molecule has 4 heteroatoms. The molecule has 1 aromatic carbocycles. The number of hydrogen-bond acceptors (Lipinski definition) is 4. The summed E-state index contributed by atoms with van der Waals surface area (Å²) in [5, 5.41) is 4.53. The van der Waals surface area contributed by atoms with E-state index in [1.54, 1.807) is 6.20 Å². The summed E-state index contributed by atoms with van der Waals surface area (Å²) in [6, 6.07) is 12.6. The zero-order valence-electron chi connectivity index (χ0n) is 11.0. The Hall–Kier alpha value is -2.20. The third-order valence-corrected chi connectivity index (χ3v) is 3.51. The molecule has 1 aliphatic carbocycles. The van der Waals surface area contributed by atoms with Gasteiger partial charge in [0, 0.05) is 24.2 Å². The van der Waals surface area contributed by atoms with Gasteiger partial charge in [0.2, 0.25) is 0 Å². The Labute approximate surface area is 116 Å². The van der Waals surface area contributed by atoms with E-state index in [9.17, 15) is 0 Å². The predicted octanol–water partition coefficient (Wildman–Crippen LogP) is 3.14. The molecule has 0 amide bonds. The molecule has 0 atom stereocenters. The second kappa shape index (κ2) is 4.72. The molecule has 2 aromatic heterocycles. The predicted molar refractivity (Wildman–Crippen MR) is 77.1 cm³/mol. The van der Waals surface area contributed by atoms with Gasteiger partial charge in [0.1, 0.15) is 5.58 Å². The van der Waals surface area contributed by atoms with Crippen molar-refractivity contribution >= 4 is 11.0 Å². The van der Waals surface area contributed by atoms with Gasteiger partial charge in [-0.1, -0.05) is 18.2 Å². The lowest BCUT2D eigenvalue weighted by molar-refractivity contribution is 0.622. The summed E-state index contributed by atoms with van der Waals surface area (Å²) in [6.45, 7) is 0.792. The van der Waals surface area contributed by atoms with E-state index >= 15 is 0 Å². The molecular formula is C16H15N3O. The smallest absolute Gasteiger partial charge is 0.195 e. The number of aromatic nitrogens is 2. The van der Waals surface area contributed by atoms with E-state index in [1.807, 2.05) is 36.4 Å². The Bertz CT molecular complexity index is 713. The van der Waals surface area contributed by atoms with Gasteiger partial charge in [-0.2, -0.15) is 0 Å². The molecule has 2 heterocycles. The van der Waals surface area contributed by atoms with E-state index in [2.05, 4.69) is 15.3 Å². The fourth-order valence-electron chi connectivity index (χ4n) is 2.24. The quantitative estimate of drug-likeness (QED) is 0.787. The molecule has 4 nitrogen and oxygen atoms in total. The molecule has 3 aromatic rings. The fourth-order valence-corrected chi connectivity index (χ4v) is 2.24. The zero-order valence-corrected chi connectivity index (χ0v) is 11.0. The minimum absolute atomic E-state index is 0.649. The van der Waals surface area contributed by atoms with Gasteiger partial charge >= 0.3 is 0 Å². The van der Waals surface area contributed by atoms with Gasteiger partial charge in [-0.3, -0.25) is 0 Å². The summed E-state index contributed by atoms with van der Waals surface area (Å²) < 4.78 is 5.80. The van der Waals surface area contributed by atoms with Gasteiger partial charge in [0.15, 0.2) is 11.6 Å². The molecule has 0 unspecified atom stereocenters. The molecule has 0 spiro atoms. The standard InChI is InChI=1S/C16H15N3O/c1-2-4-14-11(3-1)9-15(20-14)16-17-8-7-13(19-16)10-18-12-5-6-12/h1-4,7-9,12,18H,5-6,10H2. The summed E-state index contributed by atoms with van der Waals surface area (Å²) in [6.07, 6.45) is 4.35. The summed E-state index contributed by atoms with van der Waals surface area (Å²) >= 11 is 0. The molecule has 4 rings (SSSR count). The Morgan fingerprint density at radius 1 is 1.20 bits per heavy atom. The molecule has 1 fully saturated rings. The second-order valence-corrected chi connectivity index (χ2v) is 5.18. The monoisotopic (exact) mass is 265 g/mol. The summed E-state index contributed by atoms with van der Waals surface area (Å²) in [4.78, 5) is 8.89. The first kappa shape index (κ1) is 11.6. The van der Waals surface area contributed by atoms with Crippen molar-refractivity contribution in [3.05, 3.63) is 48.3 Å². The van der Waals surface area contributed by atoms with E-state index in [1.165, 1.54) is 12.8 Å². The Balaban J connectivity index is 1.64. The molecule has 0 radical (unpaired) electrons. The highest BCUT2D eigenvalue weighted by Crippen LogP contribution is 2.25. The lowest BCUT2D eigenvalue weighted by atomic mass is 10.2. The van der Waals surface area contributed by atoms with Crippen molar-refractivity contribution in [3.63, 3.8) is 0 Å². The van der Waals surface area contributed by atoms with Crippen LogP contribution in [0.1, 0.15) is 18.5 Å². The molecule has 1 aliphatic rings. The maximum atomic E-state index is 5.80. The number of fused-ring (bicyclic) bond motifs is 1. The van der Waals surface area contributed by atoms with Crippen LogP contribution in [0.2, 0.25) is 0 Å².